The van der Waals surface area contributed by atoms with Gasteiger partial charge in [0.1, 0.15) is 17.1 Å². The summed E-state index contributed by atoms with van der Waals surface area (Å²) in [6.07, 6.45) is 0. The van der Waals surface area contributed by atoms with Crippen LogP contribution in [0, 0.1) is 0 Å². The first kappa shape index (κ1) is 26.2. The summed E-state index contributed by atoms with van der Waals surface area (Å²) in [6, 6.07) is 19.5. The Kier molecular flexibility index (Phi) is 7.19. The summed E-state index contributed by atoms with van der Waals surface area (Å²) < 4.78 is 0. The van der Waals surface area contributed by atoms with E-state index >= 15 is 0 Å². The molecular weight excluding hydrogens is 522 g/mol. The van der Waals surface area contributed by atoms with Crippen LogP contribution in [-0.2, 0) is 13.1 Å². The fraction of sp³-hybridized carbons (Fsp3) is 0.200. The maximum absolute atomic E-state index is 13.1. The number of aromatic amines is 1. The van der Waals surface area contributed by atoms with Gasteiger partial charge in [-0.05, 0) is 53.6 Å². The second kappa shape index (κ2) is 11.2. The highest BCUT2D eigenvalue weighted by Crippen LogP contribution is 2.28. The number of nitrogens with zero attached hydrogens (tertiary/aromatic N) is 2. The van der Waals surface area contributed by atoms with Crippen molar-refractivity contribution in [3.05, 3.63) is 104 Å². The summed E-state index contributed by atoms with van der Waals surface area (Å²) >= 11 is 0. The van der Waals surface area contributed by atoms with Gasteiger partial charge in [-0.15, -0.1) is 0 Å². The van der Waals surface area contributed by atoms with E-state index in [1.54, 1.807) is 48.5 Å². The van der Waals surface area contributed by atoms with Crippen LogP contribution >= 0.6 is 0 Å². The number of hydrogen-bond donors (Lipinski definition) is 6. The zero-order valence-electron chi connectivity index (χ0n) is 22.2. The molecule has 41 heavy (non-hydrogen) atoms. The minimum absolute atomic E-state index is 0.117. The van der Waals surface area contributed by atoms with Crippen molar-refractivity contribution in [2.75, 3.05) is 42.1 Å². The fourth-order valence-electron chi connectivity index (χ4n) is 4.99. The van der Waals surface area contributed by atoms with Gasteiger partial charge in [0.2, 0.25) is 0 Å². The van der Waals surface area contributed by atoms with Crippen LogP contribution in [0.3, 0.4) is 0 Å². The second-order valence-corrected chi connectivity index (χ2v) is 10.1. The van der Waals surface area contributed by atoms with Gasteiger partial charge >= 0.3 is 0 Å². The van der Waals surface area contributed by atoms with Gasteiger partial charge in [0, 0.05) is 55.9 Å². The molecule has 0 aliphatic carbocycles. The second-order valence-electron chi connectivity index (χ2n) is 10.1. The topological polar surface area (TPSA) is 151 Å². The maximum atomic E-state index is 13.1. The van der Waals surface area contributed by atoms with E-state index in [0.29, 0.717) is 28.0 Å². The summed E-state index contributed by atoms with van der Waals surface area (Å²) in [5.74, 6) is 0.195. The van der Waals surface area contributed by atoms with Gasteiger partial charge in [-0.25, -0.2) is 0 Å². The Morgan fingerprint density at radius 1 is 0.927 bits per heavy atom. The van der Waals surface area contributed by atoms with Crippen LogP contribution in [-0.4, -0.2) is 52.3 Å². The highest BCUT2D eigenvalue weighted by molar-refractivity contribution is 6.08. The van der Waals surface area contributed by atoms with Gasteiger partial charge in [-0.1, -0.05) is 24.3 Å². The standard InChI is InChI=1S/C30H29N7O4/c38-22-6-2-3-18(14-22)16-32-25-26(28(40)27(25)39)33-21-7-8-24-23(15-21)29(36-35-24)34-30(41)20-5-1-4-19(13-20)17-37-11-9-31-10-12-37/h1-8,13-15,31-33,38H,9-12,16-17H2,(H2,34,35,36,41). The highest BCUT2D eigenvalue weighted by Gasteiger charge is 2.21. The number of fused-ring (bicyclic) bond motifs is 1. The number of nitrogens with one attached hydrogen (secondary N) is 5. The van der Waals surface area contributed by atoms with E-state index in [0.717, 1.165) is 43.9 Å². The van der Waals surface area contributed by atoms with Gasteiger partial charge in [0.25, 0.3) is 16.8 Å². The number of phenols is 1. The van der Waals surface area contributed by atoms with Crippen LogP contribution in [0.15, 0.2) is 76.3 Å². The van der Waals surface area contributed by atoms with Crippen LogP contribution in [0.25, 0.3) is 10.9 Å². The molecule has 0 atom stereocenters. The summed E-state index contributed by atoms with van der Waals surface area (Å²) in [5.41, 5.74) is 2.73. The lowest BCUT2D eigenvalue weighted by atomic mass is 10.1. The number of carbonyl (C=O) groups excluding carboxylic acids is 1. The molecule has 1 aliphatic heterocycles. The Hall–Kier alpha value is -5.00. The lowest BCUT2D eigenvalue weighted by Crippen LogP contribution is -2.42. The minimum Gasteiger partial charge on any atom is -0.508 e. The molecule has 1 fully saturated rings. The van der Waals surface area contributed by atoms with Crippen molar-refractivity contribution < 1.29 is 9.90 Å². The first-order valence-corrected chi connectivity index (χ1v) is 13.4. The average Bonchev–Trinajstić information content (AvgIpc) is 3.38. The smallest absolute Gasteiger partial charge is 0.256 e. The van der Waals surface area contributed by atoms with Gasteiger partial charge in [0.15, 0.2) is 5.82 Å². The van der Waals surface area contributed by atoms with Gasteiger partial charge < -0.3 is 26.4 Å². The molecule has 6 rings (SSSR count). The summed E-state index contributed by atoms with van der Waals surface area (Å²) in [5, 5.41) is 29.8. The molecular formula is C30H29N7O4. The van der Waals surface area contributed by atoms with Crippen molar-refractivity contribution in [2.24, 2.45) is 0 Å². The largest absolute Gasteiger partial charge is 0.508 e. The van der Waals surface area contributed by atoms with Gasteiger partial charge in [-0.3, -0.25) is 24.4 Å². The van der Waals surface area contributed by atoms with Crippen LogP contribution in [0.2, 0.25) is 0 Å². The third-order valence-electron chi connectivity index (χ3n) is 7.16. The number of rotatable bonds is 9. The molecule has 1 amide bonds. The van der Waals surface area contributed by atoms with Crippen molar-refractivity contribution in [1.29, 1.82) is 0 Å². The van der Waals surface area contributed by atoms with Crippen molar-refractivity contribution >= 4 is 39.7 Å². The monoisotopic (exact) mass is 551 g/mol. The van der Waals surface area contributed by atoms with Crippen LogP contribution < -0.4 is 32.1 Å². The number of hydrogen-bond acceptors (Lipinski definition) is 9. The predicted octanol–water partition coefficient (Wildman–Crippen LogP) is 2.88. The van der Waals surface area contributed by atoms with E-state index in [-0.39, 0.29) is 29.6 Å². The Balaban J connectivity index is 1.16. The quantitative estimate of drug-likeness (QED) is 0.152. The van der Waals surface area contributed by atoms with E-state index in [4.69, 9.17) is 0 Å². The Morgan fingerprint density at radius 2 is 1.71 bits per heavy atom. The highest BCUT2D eigenvalue weighted by atomic mass is 16.3. The number of H-pyrrole nitrogens is 1. The van der Waals surface area contributed by atoms with Crippen molar-refractivity contribution in [1.82, 2.24) is 20.4 Å². The molecule has 0 saturated carbocycles. The van der Waals surface area contributed by atoms with Crippen molar-refractivity contribution in [2.45, 2.75) is 13.1 Å². The van der Waals surface area contributed by atoms with E-state index < -0.39 is 10.9 Å². The number of aromatic hydroxyl groups is 1. The van der Waals surface area contributed by atoms with Gasteiger partial charge in [0.05, 0.1) is 5.52 Å². The Bertz CT molecular complexity index is 1800. The summed E-state index contributed by atoms with van der Waals surface area (Å²) in [6.45, 7) is 4.91. The van der Waals surface area contributed by atoms with Crippen LogP contribution in [0.4, 0.5) is 22.9 Å². The average molecular weight is 552 g/mol. The minimum atomic E-state index is -0.620. The summed E-state index contributed by atoms with van der Waals surface area (Å²) in [7, 11) is 0. The molecule has 1 saturated heterocycles. The lowest BCUT2D eigenvalue weighted by molar-refractivity contribution is 0.102. The fourth-order valence-corrected chi connectivity index (χ4v) is 4.99. The molecule has 11 nitrogen and oxygen atoms in total. The molecule has 11 heteroatoms. The molecule has 4 aromatic carbocycles. The first-order chi connectivity index (χ1) is 19.9. The van der Waals surface area contributed by atoms with E-state index in [1.165, 1.54) is 0 Å². The zero-order valence-corrected chi connectivity index (χ0v) is 22.2. The van der Waals surface area contributed by atoms with Crippen LogP contribution in [0.5, 0.6) is 5.75 Å². The van der Waals surface area contributed by atoms with E-state index in [2.05, 4.69) is 36.4 Å². The van der Waals surface area contributed by atoms with Crippen molar-refractivity contribution in [3.8, 4) is 5.75 Å². The normalized spacial score (nSPS) is 13.9. The number of benzene rings is 3. The molecule has 1 aliphatic rings. The number of carbonyl (C=O) groups is 1. The summed E-state index contributed by atoms with van der Waals surface area (Å²) in [4.78, 5) is 40.1. The van der Waals surface area contributed by atoms with Crippen LogP contribution in [0.1, 0.15) is 21.5 Å². The number of piperazine rings is 1. The molecule has 0 bridgehead atoms. The molecule has 1 aromatic heterocycles. The zero-order chi connectivity index (χ0) is 28.3. The molecule has 0 radical (unpaired) electrons. The predicted molar refractivity (Wildman–Crippen MR) is 159 cm³/mol. The number of amides is 1. The molecule has 2 heterocycles. The molecule has 0 unspecified atom stereocenters. The third-order valence-corrected chi connectivity index (χ3v) is 7.16. The number of anilines is 4. The first-order valence-electron chi connectivity index (χ1n) is 13.4. The Labute approximate surface area is 234 Å². The molecule has 208 valence electrons. The molecule has 6 N–H and O–H groups in total. The number of phenolic OH excluding ortho intramolecular Hbond substituents is 1. The van der Waals surface area contributed by atoms with Gasteiger partial charge in [-0.2, -0.15) is 5.10 Å². The lowest BCUT2D eigenvalue weighted by Gasteiger charge is -2.27. The molecule has 0 spiro atoms. The van der Waals surface area contributed by atoms with E-state index in [1.807, 2.05) is 18.2 Å². The molecule has 5 aromatic rings. The third kappa shape index (κ3) is 5.67. The SMILES string of the molecule is O=C(Nc1n[nH]c2ccc(Nc3c(NCc4cccc(O)c4)c(=O)c3=O)cc12)c1cccc(CN2CCNCC2)c1. The van der Waals surface area contributed by atoms with Crippen molar-refractivity contribution in [3.63, 3.8) is 0 Å². The van der Waals surface area contributed by atoms with E-state index in [9.17, 15) is 19.5 Å². The Morgan fingerprint density at radius 3 is 2.54 bits per heavy atom. The number of aromatic nitrogens is 2. The maximum Gasteiger partial charge on any atom is 0.256 e.